The lowest BCUT2D eigenvalue weighted by Gasteiger charge is -2.17. The molecule has 22 heavy (non-hydrogen) atoms. The van der Waals surface area contributed by atoms with Crippen molar-refractivity contribution in [1.29, 1.82) is 0 Å². The van der Waals surface area contributed by atoms with Gasteiger partial charge < -0.3 is 0 Å². The summed E-state index contributed by atoms with van der Waals surface area (Å²) >= 11 is 12.2. The van der Waals surface area contributed by atoms with E-state index in [2.05, 4.69) is 54.0 Å². The molecule has 1 aliphatic rings. The molecule has 3 rings (SSSR count). The van der Waals surface area contributed by atoms with Crippen LogP contribution in [0.1, 0.15) is 17.0 Å². The fraction of sp³-hybridized carbons (Fsp3) is 0.263. The Hall–Kier alpha value is -1.28. The first-order valence-electron chi connectivity index (χ1n) is 7.51. The van der Waals surface area contributed by atoms with E-state index in [1.54, 1.807) is 0 Å². The molecule has 1 heterocycles. The Morgan fingerprint density at radius 1 is 1.05 bits per heavy atom. The second-order valence-electron chi connectivity index (χ2n) is 5.86. The Bertz CT molecular complexity index is 654. The summed E-state index contributed by atoms with van der Waals surface area (Å²) in [4.78, 5) is 2.48. The second-order valence-corrected chi connectivity index (χ2v) is 6.67. The SMILES string of the molecule is C=C[C@H]1CN(Cc2ccccc2)C[C@@H]1c1ccc(Cl)c(Cl)c1. The smallest absolute Gasteiger partial charge is 0.0595 e. The molecule has 2 atom stereocenters. The fourth-order valence-electron chi connectivity index (χ4n) is 3.22. The third kappa shape index (κ3) is 3.38. The minimum absolute atomic E-state index is 0.427. The van der Waals surface area contributed by atoms with Crippen LogP contribution in [0.2, 0.25) is 10.0 Å². The predicted octanol–water partition coefficient (Wildman–Crippen LogP) is 5.40. The molecular weight excluding hydrogens is 313 g/mol. The fourth-order valence-corrected chi connectivity index (χ4v) is 3.53. The van der Waals surface area contributed by atoms with E-state index in [-0.39, 0.29) is 0 Å². The van der Waals surface area contributed by atoms with E-state index < -0.39 is 0 Å². The molecular formula is C19H19Cl2N. The van der Waals surface area contributed by atoms with Gasteiger partial charge in [0.05, 0.1) is 10.0 Å². The van der Waals surface area contributed by atoms with Gasteiger partial charge in [-0.1, -0.05) is 65.7 Å². The van der Waals surface area contributed by atoms with Crippen LogP contribution in [-0.4, -0.2) is 18.0 Å². The van der Waals surface area contributed by atoms with E-state index in [4.69, 9.17) is 23.2 Å². The minimum Gasteiger partial charge on any atom is -0.298 e. The summed E-state index contributed by atoms with van der Waals surface area (Å²) in [5, 5.41) is 1.24. The van der Waals surface area contributed by atoms with Crippen LogP contribution in [0.25, 0.3) is 0 Å². The number of likely N-dealkylation sites (tertiary alicyclic amines) is 1. The first-order valence-corrected chi connectivity index (χ1v) is 8.26. The minimum atomic E-state index is 0.427. The van der Waals surface area contributed by atoms with Gasteiger partial charge in [0, 0.05) is 25.6 Å². The highest BCUT2D eigenvalue weighted by Gasteiger charge is 2.32. The molecule has 114 valence electrons. The van der Waals surface area contributed by atoms with Gasteiger partial charge in [0.25, 0.3) is 0 Å². The van der Waals surface area contributed by atoms with Gasteiger partial charge in [-0.05, 0) is 29.2 Å². The van der Waals surface area contributed by atoms with Crippen LogP contribution in [-0.2, 0) is 6.54 Å². The van der Waals surface area contributed by atoms with Gasteiger partial charge in [0.15, 0.2) is 0 Å². The van der Waals surface area contributed by atoms with Crippen molar-refractivity contribution in [3.8, 4) is 0 Å². The Balaban J connectivity index is 1.77. The van der Waals surface area contributed by atoms with Crippen LogP contribution in [0, 0.1) is 5.92 Å². The van der Waals surface area contributed by atoms with E-state index in [9.17, 15) is 0 Å². The van der Waals surface area contributed by atoms with Crippen LogP contribution < -0.4 is 0 Å². The number of halogens is 2. The average Bonchev–Trinajstić information content (AvgIpc) is 2.94. The maximum Gasteiger partial charge on any atom is 0.0595 e. The van der Waals surface area contributed by atoms with Crippen molar-refractivity contribution >= 4 is 23.2 Å². The van der Waals surface area contributed by atoms with Crippen molar-refractivity contribution in [2.45, 2.75) is 12.5 Å². The maximum atomic E-state index is 6.18. The lowest BCUT2D eigenvalue weighted by atomic mass is 9.89. The lowest BCUT2D eigenvalue weighted by molar-refractivity contribution is 0.322. The zero-order valence-electron chi connectivity index (χ0n) is 12.4. The molecule has 1 saturated heterocycles. The van der Waals surface area contributed by atoms with Crippen molar-refractivity contribution in [2.75, 3.05) is 13.1 Å². The molecule has 0 aliphatic carbocycles. The van der Waals surface area contributed by atoms with Crippen molar-refractivity contribution in [2.24, 2.45) is 5.92 Å². The molecule has 1 fully saturated rings. The topological polar surface area (TPSA) is 3.24 Å². The number of hydrogen-bond donors (Lipinski definition) is 0. The Morgan fingerprint density at radius 3 is 2.50 bits per heavy atom. The molecule has 0 spiro atoms. The van der Waals surface area contributed by atoms with E-state index in [0.29, 0.717) is 21.9 Å². The molecule has 0 saturated carbocycles. The molecule has 1 aliphatic heterocycles. The van der Waals surface area contributed by atoms with Crippen LogP contribution in [0.3, 0.4) is 0 Å². The normalized spacial score (nSPS) is 21.9. The largest absolute Gasteiger partial charge is 0.298 e. The van der Waals surface area contributed by atoms with Crippen molar-refractivity contribution < 1.29 is 0 Å². The Morgan fingerprint density at radius 2 is 1.82 bits per heavy atom. The van der Waals surface area contributed by atoms with Gasteiger partial charge in [-0.25, -0.2) is 0 Å². The summed E-state index contributed by atoms with van der Waals surface area (Å²) in [6, 6.07) is 16.6. The van der Waals surface area contributed by atoms with E-state index in [0.717, 1.165) is 19.6 Å². The summed E-state index contributed by atoms with van der Waals surface area (Å²) in [7, 11) is 0. The number of nitrogens with zero attached hydrogens (tertiary/aromatic N) is 1. The Kier molecular flexibility index (Phi) is 4.87. The highest BCUT2D eigenvalue weighted by Crippen LogP contribution is 2.36. The number of hydrogen-bond acceptors (Lipinski definition) is 1. The number of benzene rings is 2. The zero-order chi connectivity index (χ0) is 15.5. The van der Waals surface area contributed by atoms with Gasteiger partial charge in [0.2, 0.25) is 0 Å². The second kappa shape index (κ2) is 6.87. The molecule has 0 aromatic heterocycles. The van der Waals surface area contributed by atoms with Crippen molar-refractivity contribution in [1.82, 2.24) is 4.90 Å². The van der Waals surface area contributed by atoms with Gasteiger partial charge in [-0.3, -0.25) is 4.90 Å². The van der Waals surface area contributed by atoms with Gasteiger partial charge >= 0.3 is 0 Å². The lowest BCUT2D eigenvalue weighted by Crippen LogP contribution is -2.20. The van der Waals surface area contributed by atoms with Crippen LogP contribution in [0.5, 0.6) is 0 Å². The third-order valence-electron chi connectivity index (χ3n) is 4.36. The standard InChI is InChI=1S/C19H19Cl2N/c1-2-15-12-22(11-14-6-4-3-5-7-14)13-17(15)16-8-9-18(20)19(21)10-16/h2-10,15,17H,1,11-13H2/t15-,17-/m0/s1. The average molecular weight is 332 g/mol. The first-order chi connectivity index (χ1) is 10.7. The van der Waals surface area contributed by atoms with E-state index >= 15 is 0 Å². The van der Waals surface area contributed by atoms with Crippen LogP contribution in [0.15, 0.2) is 61.2 Å². The summed E-state index contributed by atoms with van der Waals surface area (Å²) in [5.74, 6) is 0.872. The van der Waals surface area contributed by atoms with E-state index in [1.165, 1.54) is 11.1 Å². The highest BCUT2D eigenvalue weighted by atomic mass is 35.5. The Labute approximate surface area is 142 Å². The summed E-state index contributed by atoms with van der Waals surface area (Å²) < 4.78 is 0. The number of rotatable bonds is 4. The van der Waals surface area contributed by atoms with Gasteiger partial charge in [-0.2, -0.15) is 0 Å². The van der Waals surface area contributed by atoms with Crippen molar-refractivity contribution in [3.63, 3.8) is 0 Å². The van der Waals surface area contributed by atoms with Gasteiger partial charge in [-0.15, -0.1) is 6.58 Å². The summed E-state index contributed by atoms with van der Waals surface area (Å²) in [5.41, 5.74) is 2.59. The molecule has 2 aromatic carbocycles. The molecule has 0 amide bonds. The highest BCUT2D eigenvalue weighted by molar-refractivity contribution is 6.42. The third-order valence-corrected chi connectivity index (χ3v) is 5.10. The first kappa shape index (κ1) is 15.6. The monoisotopic (exact) mass is 331 g/mol. The summed E-state index contributed by atoms with van der Waals surface area (Å²) in [6.07, 6.45) is 2.07. The van der Waals surface area contributed by atoms with E-state index in [1.807, 2.05) is 12.1 Å². The molecule has 1 nitrogen and oxygen atoms in total. The molecule has 0 bridgehead atoms. The quantitative estimate of drug-likeness (QED) is 0.678. The maximum absolute atomic E-state index is 6.18. The molecule has 0 radical (unpaired) electrons. The molecule has 3 heteroatoms. The summed E-state index contributed by atoms with van der Waals surface area (Å²) in [6.45, 7) is 7.04. The zero-order valence-corrected chi connectivity index (χ0v) is 13.9. The predicted molar refractivity (Wildman–Crippen MR) is 94.6 cm³/mol. The van der Waals surface area contributed by atoms with Gasteiger partial charge in [0.1, 0.15) is 0 Å². The van der Waals surface area contributed by atoms with Crippen LogP contribution in [0.4, 0.5) is 0 Å². The molecule has 0 unspecified atom stereocenters. The molecule has 0 N–H and O–H groups in total. The molecule has 2 aromatic rings. The van der Waals surface area contributed by atoms with Crippen molar-refractivity contribution in [3.05, 3.63) is 82.4 Å². The van der Waals surface area contributed by atoms with Crippen LogP contribution >= 0.6 is 23.2 Å².